The number of hydrogen-bond acceptors (Lipinski definition) is 2. The third kappa shape index (κ3) is 1.72. The van der Waals surface area contributed by atoms with E-state index in [0.29, 0.717) is 0 Å². The molecule has 3 nitrogen and oxygen atoms in total. The number of fused-ring (bicyclic) bond motifs is 5. The highest BCUT2D eigenvalue weighted by Gasteiger charge is 2.67. The number of carbonyl (C=O) groups excluding carboxylic acids is 2. The Hall–Kier alpha value is -2.11. The predicted octanol–water partition coefficient (Wildman–Crippen LogP) is 3.41. The van der Waals surface area contributed by atoms with E-state index in [-0.39, 0.29) is 29.3 Å². The SMILES string of the molecule is C[C@]12C(=O)N(c3cccc(C(F)(F)F)c3)C(=O)[C@H]1[C@@H]1C=C[C@@H]2C1. The first-order chi connectivity index (χ1) is 10.7. The average Bonchev–Trinajstić information content (AvgIpc) is 3.11. The molecule has 0 N–H and O–H groups in total. The van der Waals surface area contributed by atoms with Crippen molar-refractivity contribution in [3.63, 3.8) is 0 Å². The number of rotatable bonds is 1. The van der Waals surface area contributed by atoms with Crippen molar-refractivity contribution in [2.24, 2.45) is 23.2 Å². The Balaban J connectivity index is 1.78. The van der Waals surface area contributed by atoms with E-state index in [9.17, 15) is 22.8 Å². The predicted molar refractivity (Wildman–Crippen MR) is 76.3 cm³/mol. The molecule has 2 fully saturated rings. The molecule has 4 rings (SSSR count). The van der Waals surface area contributed by atoms with Gasteiger partial charge in [-0.25, -0.2) is 4.90 Å². The number of alkyl halides is 3. The molecular formula is C17H14F3NO2. The normalized spacial score (nSPS) is 35.3. The molecule has 120 valence electrons. The van der Waals surface area contributed by atoms with E-state index in [0.717, 1.165) is 23.5 Å². The lowest BCUT2D eigenvalue weighted by Crippen LogP contribution is -2.37. The summed E-state index contributed by atoms with van der Waals surface area (Å²) in [5.74, 6) is -1.22. The minimum absolute atomic E-state index is 0.00449. The van der Waals surface area contributed by atoms with Crippen LogP contribution in [0.2, 0.25) is 0 Å². The van der Waals surface area contributed by atoms with Crippen LogP contribution in [0.15, 0.2) is 36.4 Å². The van der Waals surface area contributed by atoms with E-state index in [1.807, 2.05) is 12.2 Å². The molecule has 3 aliphatic rings. The lowest BCUT2D eigenvalue weighted by atomic mass is 9.71. The number of allylic oxidation sites excluding steroid dienone is 2. The van der Waals surface area contributed by atoms with Crippen molar-refractivity contribution in [3.8, 4) is 0 Å². The standard InChI is InChI=1S/C17H14F3NO2/c1-16-10-6-5-9(7-10)13(16)14(22)21(15(16)23)12-4-2-3-11(8-12)17(18,19)20/h2-6,8-10,13H,7H2,1H3/t9-,10-,13-,16-/m1/s1. The number of carbonyl (C=O) groups is 2. The highest BCUT2D eigenvalue weighted by Crippen LogP contribution is 2.60. The van der Waals surface area contributed by atoms with Crippen LogP contribution in [-0.4, -0.2) is 11.8 Å². The number of anilines is 1. The second-order valence-electron chi connectivity index (χ2n) is 6.68. The van der Waals surface area contributed by atoms with Crippen molar-refractivity contribution in [2.45, 2.75) is 19.5 Å². The molecule has 1 aliphatic heterocycles. The first-order valence-corrected chi connectivity index (χ1v) is 7.48. The van der Waals surface area contributed by atoms with Gasteiger partial charge in [0.15, 0.2) is 0 Å². The average molecular weight is 321 g/mol. The highest BCUT2D eigenvalue weighted by atomic mass is 19.4. The first kappa shape index (κ1) is 14.5. The van der Waals surface area contributed by atoms with Gasteiger partial charge in [0.1, 0.15) is 0 Å². The number of hydrogen-bond donors (Lipinski definition) is 0. The van der Waals surface area contributed by atoms with Crippen molar-refractivity contribution in [3.05, 3.63) is 42.0 Å². The third-order valence-electron chi connectivity index (χ3n) is 5.54. The van der Waals surface area contributed by atoms with Gasteiger partial charge in [-0.2, -0.15) is 13.2 Å². The van der Waals surface area contributed by atoms with Gasteiger partial charge in [0.25, 0.3) is 0 Å². The Morgan fingerprint density at radius 2 is 1.96 bits per heavy atom. The molecule has 1 aromatic carbocycles. The molecule has 23 heavy (non-hydrogen) atoms. The highest BCUT2D eigenvalue weighted by molar-refractivity contribution is 6.24. The Labute approximate surface area is 130 Å². The van der Waals surface area contributed by atoms with Crippen LogP contribution in [0.1, 0.15) is 18.9 Å². The molecule has 0 radical (unpaired) electrons. The lowest BCUT2D eigenvalue weighted by Gasteiger charge is -2.28. The second kappa shape index (κ2) is 4.24. The summed E-state index contributed by atoms with van der Waals surface area (Å²) in [6.07, 6.45) is 0.178. The zero-order chi connectivity index (χ0) is 16.6. The summed E-state index contributed by atoms with van der Waals surface area (Å²) in [6.45, 7) is 1.76. The molecule has 0 spiro atoms. The van der Waals surface area contributed by atoms with Crippen molar-refractivity contribution in [2.75, 3.05) is 4.90 Å². The van der Waals surface area contributed by atoms with Gasteiger partial charge < -0.3 is 0 Å². The maximum Gasteiger partial charge on any atom is 0.416 e. The molecular weight excluding hydrogens is 307 g/mol. The minimum atomic E-state index is -4.51. The largest absolute Gasteiger partial charge is 0.416 e. The fourth-order valence-electron chi connectivity index (χ4n) is 4.37. The van der Waals surface area contributed by atoms with Gasteiger partial charge in [-0.15, -0.1) is 0 Å². The zero-order valence-corrected chi connectivity index (χ0v) is 12.3. The van der Waals surface area contributed by atoms with Gasteiger partial charge in [-0.1, -0.05) is 18.2 Å². The van der Waals surface area contributed by atoms with Crippen LogP contribution in [0, 0.1) is 23.2 Å². The van der Waals surface area contributed by atoms with Gasteiger partial charge >= 0.3 is 6.18 Å². The lowest BCUT2D eigenvalue weighted by molar-refractivity contribution is -0.137. The smallest absolute Gasteiger partial charge is 0.274 e. The summed E-state index contributed by atoms with van der Waals surface area (Å²) in [7, 11) is 0. The maximum absolute atomic E-state index is 12.9. The topological polar surface area (TPSA) is 37.4 Å². The molecule has 0 unspecified atom stereocenters. The number of imide groups is 1. The number of amides is 2. The van der Waals surface area contributed by atoms with E-state index in [4.69, 9.17) is 0 Å². The molecule has 1 saturated heterocycles. The monoisotopic (exact) mass is 321 g/mol. The van der Waals surface area contributed by atoms with Gasteiger partial charge in [-0.05, 0) is 43.4 Å². The quantitative estimate of drug-likeness (QED) is 0.587. The van der Waals surface area contributed by atoms with Crippen LogP contribution < -0.4 is 4.90 Å². The number of halogens is 3. The van der Waals surface area contributed by atoms with Crippen LogP contribution in [0.3, 0.4) is 0 Å². The Morgan fingerprint density at radius 3 is 2.61 bits per heavy atom. The number of benzene rings is 1. The second-order valence-corrected chi connectivity index (χ2v) is 6.68. The van der Waals surface area contributed by atoms with Crippen LogP contribution in [0.4, 0.5) is 18.9 Å². The summed E-state index contributed by atoms with van der Waals surface area (Å²) in [5.41, 5.74) is -1.69. The summed E-state index contributed by atoms with van der Waals surface area (Å²) in [6, 6.07) is 4.41. The fourth-order valence-corrected chi connectivity index (χ4v) is 4.37. The van der Waals surface area contributed by atoms with E-state index in [1.54, 1.807) is 6.92 Å². The van der Waals surface area contributed by atoms with Crippen LogP contribution in [-0.2, 0) is 15.8 Å². The maximum atomic E-state index is 12.9. The van der Waals surface area contributed by atoms with Crippen molar-refractivity contribution in [1.82, 2.24) is 0 Å². The van der Waals surface area contributed by atoms with Crippen molar-refractivity contribution in [1.29, 1.82) is 0 Å². The van der Waals surface area contributed by atoms with Gasteiger partial charge in [0, 0.05) is 0 Å². The molecule has 0 aromatic heterocycles. The molecule has 1 saturated carbocycles. The fraction of sp³-hybridized carbons (Fsp3) is 0.412. The molecule has 2 aliphatic carbocycles. The molecule has 4 atom stereocenters. The van der Waals surface area contributed by atoms with E-state index < -0.39 is 23.1 Å². The zero-order valence-electron chi connectivity index (χ0n) is 12.3. The summed E-state index contributed by atoms with van der Waals surface area (Å²) in [5, 5.41) is 0. The number of nitrogens with zero attached hydrogens (tertiary/aromatic N) is 1. The van der Waals surface area contributed by atoms with E-state index in [1.165, 1.54) is 12.1 Å². The van der Waals surface area contributed by atoms with E-state index in [2.05, 4.69) is 0 Å². The molecule has 1 heterocycles. The van der Waals surface area contributed by atoms with Crippen LogP contribution >= 0.6 is 0 Å². The Morgan fingerprint density at radius 1 is 1.22 bits per heavy atom. The van der Waals surface area contributed by atoms with Gasteiger partial charge in [0.05, 0.1) is 22.6 Å². The molecule has 6 heteroatoms. The molecule has 1 aromatic rings. The molecule has 2 amide bonds. The minimum Gasteiger partial charge on any atom is -0.274 e. The Kier molecular flexibility index (Phi) is 2.67. The van der Waals surface area contributed by atoms with Gasteiger partial charge in [0.2, 0.25) is 11.8 Å². The Bertz CT molecular complexity index is 754. The van der Waals surface area contributed by atoms with Crippen LogP contribution in [0.25, 0.3) is 0 Å². The third-order valence-corrected chi connectivity index (χ3v) is 5.54. The van der Waals surface area contributed by atoms with Crippen molar-refractivity contribution < 1.29 is 22.8 Å². The summed E-state index contributed by atoms with van der Waals surface area (Å²) < 4.78 is 38.7. The first-order valence-electron chi connectivity index (χ1n) is 7.48. The van der Waals surface area contributed by atoms with Crippen LogP contribution in [0.5, 0.6) is 0 Å². The molecule has 2 bridgehead atoms. The summed E-state index contributed by atoms with van der Waals surface area (Å²) >= 11 is 0. The summed E-state index contributed by atoms with van der Waals surface area (Å²) in [4.78, 5) is 26.6. The van der Waals surface area contributed by atoms with E-state index >= 15 is 0 Å². The van der Waals surface area contributed by atoms with Gasteiger partial charge in [-0.3, -0.25) is 9.59 Å². The van der Waals surface area contributed by atoms with Crippen molar-refractivity contribution >= 4 is 17.5 Å².